The Labute approximate surface area is 77.5 Å². The van der Waals surface area contributed by atoms with E-state index in [-0.39, 0.29) is 5.04 Å². The Morgan fingerprint density at radius 3 is 1.58 bits per heavy atom. The van der Waals surface area contributed by atoms with Gasteiger partial charge in [-0.1, -0.05) is 34.1 Å². The van der Waals surface area contributed by atoms with Crippen molar-refractivity contribution in [1.82, 2.24) is 0 Å². The van der Waals surface area contributed by atoms with Crippen molar-refractivity contribution in [3.8, 4) is 0 Å². The van der Waals surface area contributed by atoms with Crippen LogP contribution in [-0.2, 0) is 8.85 Å². The molecule has 0 aromatic rings. The normalized spacial score (nSPS) is 13.5. The second kappa shape index (κ2) is 4.39. The van der Waals surface area contributed by atoms with Crippen molar-refractivity contribution in [2.75, 3.05) is 14.2 Å². The molecule has 0 aromatic heterocycles. The summed E-state index contributed by atoms with van der Waals surface area (Å²) in [6, 6.07) is 1.07. The zero-order valence-electron chi connectivity index (χ0n) is 9.23. The number of rotatable bonds is 4. The summed E-state index contributed by atoms with van der Waals surface area (Å²) in [5.74, 6) is 0. The predicted molar refractivity (Wildman–Crippen MR) is 54.6 cm³/mol. The van der Waals surface area contributed by atoms with Gasteiger partial charge < -0.3 is 8.85 Å². The maximum atomic E-state index is 5.61. The van der Waals surface area contributed by atoms with E-state index in [1.807, 2.05) is 0 Å². The first-order valence-electron chi connectivity index (χ1n) is 4.54. The van der Waals surface area contributed by atoms with Crippen LogP contribution in [-0.4, -0.2) is 22.8 Å². The zero-order valence-corrected chi connectivity index (χ0v) is 10.2. The summed E-state index contributed by atoms with van der Waals surface area (Å²) in [6.07, 6.45) is 1.13. The second-order valence-electron chi connectivity index (χ2n) is 4.16. The van der Waals surface area contributed by atoms with Gasteiger partial charge in [-0.15, -0.1) is 0 Å². The molecule has 0 aromatic carbocycles. The van der Waals surface area contributed by atoms with Gasteiger partial charge in [-0.25, -0.2) is 0 Å². The molecule has 0 bridgehead atoms. The quantitative estimate of drug-likeness (QED) is 0.635. The van der Waals surface area contributed by atoms with Gasteiger partial charge in [-0.05, 0) is 6.04 Å². The molecule has 12 heavy (non-hydrogen) atoms. The van der Waals surface area contributed by atoms with E-state index >= 15 is 0 Å². The van der Waals surface area contributed by atoms with E-state index in [1.54, 1.807) is 14.2 Å². The van der Waals surface area contributed by atoms with E-state index in [4.69, 9.17) is 8.85 Å². The average molecular weight is 190 g/mol. The lowest BCUT2D eigenvalue weighted by Crippen LogP contribution is -2.48. The summed E-state index contributed by atoms with van der Waals surface area (Å²) < 4.78 is 11.2. The molecule has 2 nitrogen and oxygen atoms in total. The van der Waals surface area contributed by atoms with Gasteiger partial charge >= 0.3 is 8.56 Å². The fraction of sp³-hybridized carbons (Fsp3) is 1.00. The molecule has 0 radical (unpaired) electrons. The van der Waals surface area contributed by atoms with Crippen LogP contribution in [0.3, 0.4) is 0 Å². The Kier molecular flexibility index (Phi) is 4.44. The van der Waals surface area contributed by atoms with Gasteiger partial charge in [0.1, 0.15) is 0 Å². The highest BCUT2D eigenvalue weighted by atomic mass is 28.4. The first-order valence-corrected chi connectivity index (χ1v) is 6.56. The maximum Gasteiger partial charge on any atom is 0.343 e. The van der Waals surface area contributed by atoms with E-state index in [9.17, 15) is 0 Å². The van der Waals surface area contributed by atoms with Crippen LogP contribution in [0, 0.1) is 0 Å². The first-order chi connectivity index (χ1) is 5.43. The summed E-state index contributed by atoms with van der Waals surface area (Å²) in [5.41, 5.74) is 0. The fourth-order valence-electron chi connectivity index (χ4n) is 1.60. The highest BCUT2D eigenvalue weighted by molar-refractivity contribution is 6.70. The van der Waals surface area contributed by atoms with Crippen molar-refractivity contribution in [2.45, 2.75) is 45.2 Å². The van der Waals surface area contributed by atoms with Crippen LogP contribution in [0.25, 0.3) is 0 Å². The van der Waals surface area contributed by atoms with Gasteiger partial charge in [0.15, 0.2) is 0 Å². The summed E-state index contributed by atoms with van der Waals surface area (Å²) in [5, 5.41) is 0.159. The van der Waals surface area contributed by atoms with E-state index < -0.39 is 8.56 Å². The molecule has 0 fully saturated rings. The largest absolute Gasteiger partial charge is 0.397 e. The van der Waals surface area contributed by atoms with Crippen LogP contribution in [0.1, 0.15) is 34.1 Å². The van der Waals surface area contributed by atoms with Crippen LogP contribution in [0.5, 0.6) is 0 Å². The Balaban J connectivity index is 4.57. The molecule has 0 heterocycles. The molecule has 3 heteroatoms. The van der Waals surface area contributed by atoms with E-state index in [2.05, 4.69) is 27.7 Å². The Hall–Kier alpha value is 0.137. The summed E-state index contributed by atoms with van der Waals surface area (Å²) in [6.45, 7) is 8.76. The molecule has 0 aliphatic heterocycles. The van der Waals surface area contributed by atoms with Gasteiger partial charge in [0.2, 0.25) is 0 Å². The molecule has 0 aliphatic carbocycles. The molecule has 0 unspecified atom stereocenters. The van der Waals surface area contributed by atoms with Gasteiger partial charge in [-0.3, -0.25) is 0 Å². The number of hydrogen-bond donors (Lipinski definition) is 0. The molecule has 0 saturated carbocycles. The van der Waals surface area contributed by atoms with E-state index in [0.29, 0.717) is 0 Å². The minimum atomic E-state index is -1.95. The molecular weight excluding hydrogens is 168 g/mol. The van der Waals surface area contributed by atoms with Crippen LogP contribution in [0.2, 0.25) is 11.1 Å². The standard InChI is InChI=1S/C9H22O2Si/c1-7-8-12(10-5,11-6)9(2,3)4/h7-8H2,1-6H3. The molecule has 0 saturated heterocycles. The van der Waals surface area contributed by atoms with Crippen LogP contribution in [0.15, 0.2) is 0 Å². The van der Waals surface area contributed by atoms with Crippen LogP contribution in [0.4, 0.5) is 0 Å². The Morgan fingerprint density at radius 2 is 1.50 bits per heavy atom. The number of hydrogen-bond acceptors (Lipinski definition) is 2. The van der Waals surface area contributed by atoms with E-state index in [0.717, 1.165) is 12.5 Å². The highest BCUT2D eigenvalue weighted by Crippen LogP contribution is 2.40. The van der Waals surface area contributed by atoms with Crippen LogP contribution >= 0.6 is 0 Å². The van der Waals surface area contributed by atoms with Gasteiger partial charge in [0.05, 0.1) is 0 Å². The molecule has 0 N–H and O–H groups in total. The molecular formula is C9H22O2Si. The Bertz CT molecular complexity index is 125. The molecule has 0 aliphatic rings. The third-order valence-corrected chi connectivity index (χ3v) is 7.14. The Morgan fingerprint density at radius 1 is 1.08 bits per heavy atom. The third-order valence-electron chi connectivity index (χ3n) is 2.38. The van der Waals surface area contributed by atoms with Crippen molar-refractivity contribution >= 4 is 8.56 Å². The zero-order chi connectivity index (χ0) is 9.83. The van der Waals surface area contributed by atoms with Crippen molar-refractivity contribution in [3.05, 3.63) is 0 Å². The topological polar surface area (TPSA) is 18.5 Å². The van der Waals surface area contributed by atoms with E-state index in [1.165, 1.54) is 0 Å². The maximum absolute atomic E-state index is 5.61. The van der Waals surface area contributed by atoms with Crippen LogP contribution < -0.4 is 0 Å². The minimum absolute atomic E-state index is 0.159. The smallest absolute Gasteiger partial charge is 0.343 e. The lowest BCUT2D eigenvalue weighted by atomic mass is 10.2. The summed E-state index contributed by atoms with van der Waals surface area (Å²) >= 11 is 0. The monoisotopic (exact) mass is 190 g/mol. The first kappa shape index (κ1) is 12.1. The lowest BCUT2D eigenvalue weighted by molar-refractivity contribution is 0.213. The molecule has 0 rings (SSSR count). The lowest BCUT2D eigenvalue weighted by Gasteiger charge is -2.38. The summed E-state index contributed by atoms with van der Waals surface area (Å²) in [7, 11) is 1.60. The van der Waals surface area contributed by atoms with Crippen molar-refractivity contribution in [2.24, 2.45) is 0 Å². The van der Waals surface area contributed by atoms with Gasteiger partial charge in [0.25, 0.3) is 0 Å². The average Bonchev–Trinajstić information content (AvgIpc) is 1.98. The third kappa shape index (κ3) is 2.31. The summed E-state index contributed by atoms with van der Waals surface area (Å²) in [4.78, 5) is 0. The molecule has 0 atom stereocenters. The second-order valence-corrected chi connectivity index (χ2v) is 8.48. The van der Waals surface area contributed by atoms with Gasteiger partial charge in [0, 0.05) is 19.3 Å². The predicted octanol–water partition coefficient (Wildman–Crippen LogP) is 2.93. The van der Waals surface area contributed by atoms with Crippen molar-refractivity contribution < 1.29 is 8.85 Å². The minimum Gasteiger partial charge on any atom is -0.397 e. The van der Waals surface area contributed by atoms with Crippen molar-refractivity contribution in [1.29, 1.82) is 0 Å². The highest BCUT2D eigenvalue weighted by Gasteiger charge is 2.46. The molecule has 74 valence electrons. The molecule has 0 amide bonds. The molecule has 0 spiro atoms. The SMILES string of the molecule is CCC[Si](OC)(OC)C(C)(C)C. The van der Waals surface area contributed by atoms with Gasteiger partial charge in [-0.2, -0.15) is 0 Å². The van der Waals surface area contributed by atoms with Crippen molar-refractivity contribution in [3.63, 3.8) is 0 Å². The fourth-order valence-corrected chi connectivity index (χ4v) is 4.81.